The van der Waals surface area contributed by atoms with Crippen LogP contribution in [-0.4, -0.2) is 53.7 Å². The van der Waals surface area contributed by atoms with Crippen LogP contribution in [0.5, 0.6) is 5.75 Å². The predicted molar refractivity (Wildman–Crippen MR) is 103 cm³/mol. The first-order valence-electron chi connectivity index (χ1n) is 9.86. The number of carbonyl (C=O) groups is 2. The molecule has 0 aromatic heterocycles. The van der Waals surface area contributed by atoms with E-state index in [9.17, 15) is 19.1 Å². The number of hydrogen-bond donors (Lipinski definition) is 2. The lowest BCUT2D eigenvalue weighted by Crippen LogP contribution is -2.48. The fraction of sp³-hybridized carbons (Fsp3) is 0.619. The van der Waals surface area contributed by atoms with Gasteiger partial charge in [0.1, 0.15) is 11.6 Å². The van der Waals surface area contributed by atoms with Gasteiger partial charge in [-0.2, -0.15) is 0 Å². The number of rotatable bonds is 4. The van der Waals surface area contributed by atoms with Gasteiger partial charge in [0.25, 0.3) is 5.91 Å². The molecule has 1 aliphatic carbocycles. The molecule has 4 atom stereocenters. The van der Waals surface area contributed by atoms with Gasteiger partial charge >= 0.3 is 0 Å². The summed E-state index contributed by atoms with van der Waals surface area (Å²) in [5.74, 6) is -0.723. The number of fused-ring (bicyclic) bond motifs is 1. The first kappa shape index (κ1) is 20.6. The Morgan fingerprint density at radius 1 is 1.36 bits per heavy atom. The standard InChI is InChI=1S/C21H29FN2O4/c1-13(25)24-15(11-21(2)18(24)6-4-5-7-19(21)26)12-23-20(27)16-10-14(22)8-9-17(16)28-3/h8-10,15,18-19,26H,4-7,11-12H2,1-3H3,(H,23,27)/t15-,18-,19+,21-/m1/s1. The number of likely N-dealkylation sites (tertiary alicyclic amines) is 1. The fourth-order valence-corrected chi connectivity index (χ4v) is 4.96. The summed E-state index contributed by atoms with van der Waals surface area (Å²) < 4.78 is 18.7. The summed E-state index contributed by atoms with van der Waals surface area (Å²) in [6.07, 6.45) is 3.68. The molecule has 1 saturated heterocycles. The van der Waals surface area contributed by atoms with Crippen LogP contribution in [-0.2, 0) is 4.79 Å². The minimum atomic E-state index is -0.518. The summed E-state index contributed by atoms with van der Waals surface area (Å²) in [7, 11) is 1.42. The quantitative estimate of drug-likeness (QED) is 0.825. The summed E-state index contributed by atoms with van der Waals surface area (Å²) in [4.78, 5) is 26.8. The van der Waals surface area contributed by atoms with Gasteiger partial charge in [-0.05, 0) is 37.5 Å². The smallest absolute Gasteiger partial charge is 0.255 e. The Balaban J connectivity index is 1.77. The third-order valence-corrected chi connectivity index (χ3v) is 6.40. The van der Waals surface area contributed by atoms with Crippen molar-refractivity contribution in [3.63, 3.8) is 0 Å². The van der Waals surface area contributed by atoms with E-state index in [4.69, 9.17) is 4.74 Å². The molecule has 0 bridgehead atoms. The minimum absolute atomic E-state index is 0.0342. The second kappa shape index (κ2) is 8.07. The van der Waals surface area contributed by atoms with E-state index in [1.165, 1.54) is 26.2 Å². The Kier molecular flexibility index (Phi) is 5.93. The van der Waals surface area contributed by atoms with Crippen LogP contribution in [0.25, 0.3) is 0 Å². The van der Waals surface area contributed by atoms with Gasteiger partial charge in [0.05, 0.1) is 24.8 Å². The van der Waals surface area contributed by atoms with E-state index in [2.05, 4.69) is 5.32 Å². The van der Waals surface area contributed by atoms with Gasteiger partial charge in [-0.1, -0.05) is 19.8 Å². The Morgan fingerprint density at radius 3 is 2.75 bits per heavy atom. The number of carbonyl (C=O) groups excluding carboxylic acids is 2. The Labute approximate surface area is 165 Å². The molecule has 28 heavy (non-hydrogen) atoms. The summed E-state index contributed by atoms with van der Waals surface area (Å²) in [5.41, 5.74) is -0.260. The lowest BCUT2D eigenvalue weighted by molar-refractivity contribution is -0.133. The SMILES string of the molecule is COc1ccc(F)cc1C(=O)NC[C@H]1C[C@@]2(C)[C@@H](O)CCCC[C@H]2N1C(C)=O. The van der Waals surface area contributed by atoms with Crippen molar-refractivity contribution in [3.8, 4) is 5.75 Å². The van der Waals surface area contributed by atoms with Crippen LogP contribution in [0.3, 0.4) is 0 Å². The van der Waals surface area contributed by atoms with Crippen molar-refractivity contribution in [1.29, 1.82) is 0 Å². The van der Waals surface area contributed by atoms with Crippen LogP contribution in [0.2, 0.25) is 0 Å². The van der Waals surface area contributed by atoms with Gasteiger partial charge in [0.15, 0.2) is 0 Å². The molecule has 0 unspecified atom stereocenters. The highest BCUT2D eigenvalue weighted by molar-refractivity contribution is 5.97. The molecule has 0 spiro atoms. The van der Waals surface area contributed by atoms with E-state index in [1.54, 1.807) is 0 Å². The van der Waals surface area contributed by atoms with Crippen LogP contribution in [0.1, 0.15) is 56.3 Å². The number of halogens is 1. The molecule has 1 aromatic carbocycles. The molecule has 1 heterocycles. The van der Waals surface area contributed by atoms with Crippen LogP contribution >= 0.6 is 0 Å². The Morgan fingerprint density at radius 2 is 2.07 bits per heavy atom. The van der Waals surface area contributed by atoms with Crippen molar-refractivity contribution in [1.82, 2.24) is 10.2 Å². The number of hydrogen-bond acceptors (Lipinski definition) is 4. The Bertz CT molecular complexity index is 756. The minimum Gasteiger partial charge on any atom is -0.496 e. The second-order valence-electron chi connectivity index (χ2n) is 8.16. The maximum absolute atomic E-state index is 13.6. The molecule has 2 aliphatic rings. The first-order valence-corrected chi connectivity index (χ1v) is 9.86. The molecule has 7 heteroatoms. The van der Waals surface area contributed by atoms with Crippen molar-refractivity contribution >= 4 is 11.8 Å². The third-order valence-electron chi connectivity index (χ3n) is 6.40. The molecular formula is C21H29FN2O4. The average molecular weight is 392 g/mol. The summed E-state index contributed by atoms with van der Waals surface area (Å²) in [6.45, 7) is 3.82. The van der Waals surface area contributed by atoms with E-state index in [1.807, 2.05) is 11.8 Å². The van der Waals surface area contributed by atoms with Gasteiger partial charge in [-0.3, -0.25) is 9.59 Å². The molecule has 1 aliphatic heterocycles. The molecule has 2 amide bonds. The summed E-state index contributed by atoms with van der Waals surface area (Å²) in [6, 6.07) is 3.55. The number of ether oxygens (including phenoxy) is 1. The largest absolute Gasteiger partial charge is 0.496 e. The topological polar surface area (TPSA) is 78.9 Å². The van der Waals surface area contributed by atoms with Gasteiger partial charge < -0.3 is 20.1 Å². The molecule has 0 radical (unpaired) electrons. The number of methoxy groups -OCH3 is 1. The van der Waals surface area contributed by atoms with Crippen molar-refractivity contribution in [2.75, 3.05) is 13.7 Å². The number of aliphatic hydroxyl groups is 1. The lowest BCUT2D eigenvalue weighted by Gasteiger charge is -2.37. The fourth-order valence-electron chi connectivity index (χ4n) is 4.96. The van der Waals surface area contributed by atoms with E-state index < -0.39 is 17.8 Å². The van der Waals surface area contributed by atoms with Gasteiger partial charge in [-0.25, -0.2) is 4.39 Å². The van der Waals surface area contributed by atoms with Gasteiger partial charge in [0, 0.05) is 24.9 Å². The molecular weight excluding hydrogens is 363 g/mol. The van der Waals surface area contributed by atoms with Crippen molar-refractivity contribution in [2.45, 2.75) is 64.1 Å². The zero-order valence-corrected chi connectivity index (χ0v) is 16.7. The molecule has 6 nitrogen and oxygen atoms in total. The first-order chi connectivity index (χ1) is 13.3. The van der Waals surface area contributed by atoms with Gasteiger partial charge in [-0.15, -0.1) is 0 Å². The van der Waals surface area contributed by atoms with E-state index in [0.717, 1.165) is 31.7 Å². The Hall–Kier alpha value is -2.15. The molecule has 3 rings (SSSR count). The number of nitrogens with zero attached hydrogens (tertiary/aromatic N) is 1. The normalized spacial score (nSPS) is 29.8. The van der Waals surface area contributed by atoms with Crippen molar-refractivity contribution in [2.24, 2.45) is 5.41 Å². The zero-order valence-electron chi connectivity index (χ0n) is 16.7. The molecule has 1 saturated carbocycles. The molecule has 2 N–H and O–H groups in total. The zero-order chi connectivity index (χ0) is 20.5. The highest BCUT2D eigenvalue weighted by Crippen LogP contribution is 2.48. The molecule has 1 aromatic rings. The van der Waals surface area contributed by atoms with E-state index in [-0.39, 0.29) is 35.5 Å². The number of nitrogens with one attached hydrogen (secondary N) is 1. The third kappa shape index (κ3) is 3.72. The highest BCUT2D eigenvalue weighted by Gasteiger charge is 2.54. The van der Waals surface area contributed by atoms with Crippen LogP contribution in [0.15, 0.2) is 18.2 Å². The van der Waals surface area contributed by atoms with Crippen LogP contribution < -0.4 is 10.1 Å². The van der Waals surface area contributed by atoms with Crippen LogP contribution in [0, 0.1) is 11.2 Å². The monoisotopic (exact) mass is 392 g/mol. The molecule has 154 valence electrons. The maximum atomic E-state index is 13.6. The number of aliphatic hydroxyl groups excluding tert-OH is 1. The highest BCUT2D eigenvalue weighted by atomic mass is 19.1. The predicted octanol–water partition coefficient (Wildman–Crippen LogP) is 2.49. The second-order valence-corrected chi connectivity index (χ2v) is 8.16. The van der Waals surface area contributed by atoms with Crippen molar-refractivity contribution in [3.05, 3.63) is 29.6 Å². The lowest BCUT2D eigenvalue weighted by atomic mass is 9.75. The summed E-state index contributed by atoms with van der Waals surface area (Å²) in [5, 5.41) is 13.5. The number of benzene rings is 1. The molecule has 2 fully saturated rings. The summed E-state index contributed by atoms with van der Waals surface area (Å²) >= 11 is 0. The van der Waals surface area contributed by atoms with Gasteiger partial charge in [0.2, 0.25) is 5.91 Å². The van der Waals surface area contributed by atoms with E-state index >= 15 is 0 Å². The van der Waals surface area contributed by atoms with E-state index in [0.29, 0.717) is 12.2 Å². The van der Waals surface area contributed by atoms with Crippen molar-refractivity contribution < 1.29 is 23.8 Å². The number of amides is 2. The average Bonchev–Trinajstić information content (AvgIpc) is 2.88. The maximum Gasteiger partial charge on any atom is 0.255 e. The van der Waals surface area contributed by atoms with Crippen LogP contribution in [0.4, 0.5) is 4.39 Å².